The summed E-state index contributed by atoms with van der Waals surface area (Å²) in [5.74, 6) is 0.751. The van der Waals surface area contributed by atoms with Crippen LogP contribution in [-0.4, -0.2) is 39.3 Å². The fraction of sp³-hybridized carbons (Fsp3) is 0.389. The van der Waals surface area contributed by atoms with Crippen LogP contribution in [0.5, 0.6) is 5.75 Å². The highest BCUT2D eigenvalue weighted by Crippen LogP contribution is 2.22. The molecule has 1 N–H and O–H groups in total. The van der Waals surface area contributed by atoms with Crippen molar-refractivity contribution < 1.29 is 17.9 Å². The Hall–Kier alpha value is -1.96. The fourth-order valence-corrected chi connectivity index (χ4v) is 4.19. The number of ether oxygens (including phenoxy) is 2. The van der Waals surface area contributed by atoms with Crippen LogP contribution >= 0.6 is 0 Å². The van der Waals surface area contributed by atoms with E-state index >= 15 is 0 Å². The van der Waals surface area contributed by atoms with E-state index in [9.17, 15) is 8.42 Å². The van der Waals surface area contributed by atoms with Gasteiger partial charge in [0.25, 0.3) is 0 Å². The number of hydrogen-bond donors (Lipinski definition) is 1. The van der Waals surface area contributed by atoms with Crippen LogP contribution in [0.3, 0.4) is 0 Å². The van der Waals surface area contributed by atoms with Crippen LogP contribution in [0, 0.1) is 5.92 Å². The van der Waals surface area contributed by atoms with E-state index in [1.807, 2.05) is 19.1 Å². The minimum Gasteiger partial charge on any atom is -0.494 e. The van der Waals surface area contributed by atoms with Crippen LogP contribution < -0.4 is 9.46 Å². The molecule has 0 bridgehead atoms. The van der Waals surface area contributed by atoms with Gasteiger partial charge in [-0.25, -0.2) is 13.1 Å². The summed E-state index contributed by atoms with van der Waals surface area (Å²) >= 11 is 0. The third kappa shape index (κ3) is 4.56. The molecular formula is C18H22N2O4S. The number of aromatic nitrogens is 1. The van der Waals surface area contributed by atoms with Crippen LogP contribution in [0.25, 0.3) is 0 Å². The van der Waals surface area contributed by atoms with Crippen LogP contribution in [0.4, 0.5) is 0 Å². The number of pyridine rings is 1. The molecule has 3 rings (SSSR count). The standard InChI is InChI=1S/C18H22N2O4S/c1-2-24-16-3-5-17(6-4-16)25(21,22)20-18-13-23-12-15(18)11-14-7-9-19-10-8-14/h3-10,15,18,20H,2,11-13H2,1H3/t15-,18-/m1/s1. The normalized spacial score (nSPS) is 20.5. The molecule has 0 unspecified atom stereocenters. The molecule has 1 aromatic carbocycles. The molecule has 1 saturated heterocycles. The zero-order chi connectivity index (χ0) is 17.7. The monoisotopic (exact) mass is 362 g/mol. The quantitative estimate of drug-likeness (QED) is 0.815. The van der Waals surface area contributed by atoms with Crippen LogP contribution in [0.1, 0.15) is 12.5 Å². The second kappa shape index (κ2) is 7.95. The first-order chi connectivity index (χ1) is 12.1. The molecule has 134 valence electrons. The van der Waals surface area contributed by atoms with Gasteiger partial charge in [0.15, 0.2) is 0 Å². The first-order valence-electron chi connectivity index (χ1n) is 8.30. The van der Waals surface area contributed by atoms with Crippen molar-refractivity contribution in [1.82, 2.24) is 9.71 Å². The first kappa shape index (κ1) is 17.8. The summed E-state index contributed by atoms with van der Waals surface area (Å²) in [5.41, 5.74) is 1.12. The van der Waals surface area contributed by atoms with E-state index < -0.39 is 10.0 Å². The molecule has 1 aliphatic rings. The number of nitrogens with one attached hydrogen (secondary N) is 1. The average Bonchev–Trinajstić information content (AvgIpc) is 3.03. The van der Waals surface area contributed by atoms with E-state index in [1.54, 1.807) is 36.7 Å². The van der Waals surface area contributed by atoms with Crippen LogP contribution in [0.2, 0.25) is 0 Å². The van der Waals surface area contributed by atoms with Crippen molar-refractivity contribution in [3.8, 4) is 5.75 Å². The Kier molecular flexibility index (Phi) is 5.67. The lowest BCUT2D eigenvalue weighted by atomic mass is 9.96. The zero-order valence-electron chi connectivity index (χ0n) is 14.1. The van der Waals surface area contributed by atoms with Crippen molar-refractivity contribution in [1.29, 1.82) is 0 Å². The molecule has 2 aromatic rings. The van der Waals surface area contributed by atoms with Gasteiger partial charge in [0, 0.05) is 18.3 Å². The molecule has 1 aromatic heterocycles. The van der Waals surface area contributed by atoms with Crippen molar-refractivity contribution in [3.63, 3.8) is 0 Å². The smallest absolute Gasteiger partial charge is 0.240 e. The first-order valence-corrected chi connectivity index (χ1v) is 9.78. The van der Waals surface area contributed by atoms with E-state index in [1.165, 1.54) is 0 Å². The van der Waals surface area contributed by atoms with Crippen LogP contribution in [0.15, 0.2) is 53.7 Å². The maximum absolute atomic E-state index is 12.6. The molecule has 7 heteroatoms. The van der Waals surface area contributed by atoms with Gasteiger partial charge in [0.1, 0.15) is 5.75 Å². The number of rotatable bonds is 7. The Morgan fingerprint density at radius 1 is 1.16 bits per heavy atom. The molecule has 1 aliphatic heterocycles. The number of sulfonamides is 1. The molecule has 25 heavy (non-hydrogen) atoms. The van der Waals surface area contributed by atoms with Gasteiger partial charge in [-0.3, -0.25) is 4.98 Å². The van der Waals surface area contributed by atoms with E-state index in [0.717, 1.165) is 12.0 Å². The molecule has 0 aliphatic carbocycles. The molecule has 0 spiro atoms. The van der Waals surface area contributed by atoms with Crippen molar-refractivity contribution in [3.05, 3.63) is 54.4 Å². The highest BCUT2D eigenvalue weighted by atomic mass is 32.2. The molecule has 1 fully saturated rings. The molecule has 0 saturated carbocycles. The van der Waals surface area contributed by atoms with E-state index in [-0.39, 0.29) is 16.9 Å². The Balaban J connectivity index is 1.68. The van der Waals surface area contributed by atoms with Crippen LogP contribution in [-0.2, 0) is 21.2 Å². The minimum atomic E-state index is -3.60. The summed E-state index contributed by atoms with van der Waals surface area (Å²) < 4.78 is 38.9. The second-order valence-corrected chi connectivity index (χ2v) is 7.70. The van der Waals surface area contributed by atoms with Crippen molar-refractivity contribution in [2.75, 3.05) is 19.8 Å². The van der Waals surface area contributed by atoms with Gasteiger partial charge in [0.05, 0.1) is 30.8 Å². The van der Waals surface area contributed by atoms with Gasteiger partial charge in [-0.15, -0.1) is 0 Å². The van der Waals surface area contributed by atoms with Crippen molar-refractivity contribution in [2.24, 2.45) is 5.92 Å². The largest absolute Gasteiger partial charge is 0.494 e. The maximum Gasteiger partial charge on any atom is 0.240 e. The maximum atomic E-state index is 12.6. The van der Waals surface area contributed by atoms with Gasteiger partial charge in [0.2, 0.25) is 10.0 Å². The number of nitrogens with zero attached hydrogens (tertiary/aromatic N) is 1. The lowest BCUT2D eigenvalue weighted by Gasteiger charge is -2.19. The predicted molar refractivity (Wildman–Crippen MR) is 94.0 cm³/mol. The summed E-state index contributed by atoms with van der Waals surface area (Å²) in [6.07, 6.45) is 4.23. The summed E-state index contributed by atoms with van der Waals surface area (Å²) in [7, 11) is -3.60. The van der Waals surface area contributed by atoms with E-state index in [0.29, 0.717) is 25.6 Å². The van der Waals surface area contributed by atoms with E-state index in [2.05, 4.69) is 9.71 Å². The second-order valence-electron chi connectivity index (χ2n) is 5.99. The third-order valence-corrected chi connectivity index (χ3v) is 5.70. The Labute approximate surface area is 148 Å². The number of hydrogen-bond acceptors (Lipinski definition) is 5. The topological polar surface area (TPSA) is 77.5 Å². The van der Waals surface area contributed by atoms with Gasteiger partial charge >= 0.3 is 0 Å². The summed E-state index contributed by atoms with van der Waals surface area (Å²) in [5, 5.41) is 0. The number of benzene rings is 1. The zero-order valence-corrected chi connectivity index (χ0v) is 14.9. The van der Waals surface area contributed by atoms with E-state index in [4.69, 9.17) is 9.47 Å². The Morgan fingerprint density at radius 2 is 1.88 bits per heavy atom. The lowest BCUT2D eigenvalue weighted by Crippen LogP contribution is -2.40. The summed E-state index contributed by atoms with van der Waals surface area (Å²) in [6.45, 7) is 3.35. The van der Waals surface area contributed by atoms with Crippen molar-refractivity contribution >= 4 is 10.0 Å². The molecule has 2 atom stereocenters. The third-order valence-electron chi connectivity index (χ3n) is 4.20. The Morgan fingerprint density at radius 3 is 2.56 bits per heavy atom. The minimum absolute atomic E-state index is 0.0971. The lowest BCUT2D eigenvalue weighted by molar-refractivity contribution is 0.183. The predicted octanol–water partition coefficient (Wildman–Crippen LogP) is 2.02. The molecule has 2 heterocycles. The fourth-order valence-electron chi connectivity index (χ4n) is 2.90. The average molecular weight is 362 g/mol. The Bertz CT molecular complexity index is 778. The van der Waals surface area contributed by atoms with Crippen molar-refractivity contribution in [2.45, 2.75) is 24.3 Å². The van der Waals surface area contributed by atoms with Gasteiger partial charge in [-0.1, -0.05) is 0 Å². The highest BCUT2D eigenvalue weighted by molar-refractivity contribution is 7.89. The SMILES string of the molecule is CCOc1ccc(S(=O)(=O)N[C@@H]2COC[C@H]2Cc2ccncc2)cc1. The molecule has 0 radical (unpaired) electrons. The van der Waals surface area contributed by atoms with Gasteiger partial charge in [-0.2, -0.15) is 0 Å². The van der Waals surface area contributed by atoms with Gasteiger partial charge < -0.3 is 9.47 Å². The molecule has 0 amide bonds. The molecular weight excluding hydrogens is 340 g/mol. The highest BCUT2D eigenvalue weighted by Gasteiger charge is 2.32. The summed E-state index contributed by atoms with van der Waals surface area (Å²) in [4.78, 5) is 4.23. The summed E-state index contributed by atoms with van der Waals surface area (Å²) in [6, 6.07) is 10.1. The van der Waals surface area contributed by atoms with Gasteiger partial charge in [-0.05, 0) is 55.3 Å². The molecule has 6 nitrogen and oxygen atoms in total.